The first-order valence-electron chi connectivity index (χ1n) is 4.44. The lowest BCUT2D eigenvalue weighted by Crippen LogP contribution is -2.22. The van der Waals surface area contributed by atoms with Gasteiger partial charge in [-0.3, -0.25) is 0 Å². The third-order valence-corrected chi connectivity index (χ3v) is 2.12. The molecule has 0 saturated heterocycles. The molecular formula is C10H12F3N. The monoisotopic (exact) mass is 203 g/mol. The molecule has 2 N–H and O–H groups in total. The normalized spacial score (nSPS) is 12.9. The number of halogens is 3. The molecule has 78 valence electrons. The van der Waals surface area contributed by atoms with Crippen LogP contribution in [-0.4, -0.2) is 6.04 Å². The van der Waals surface area contributed by atoms with E-state index < -0.39 is 17.5 Å². The lowest BCUT2D eigenvalue weighted by atomic mass is 10.0. The summed E-state index contributed by atoms with van der Waals surface area (Å²) < 4.78 is 38.4. The van der Waals surface area contributed by atoms with Crippen LogP contribution in [0.1, 0.15) is 18.9 Å². The number of hydrogen-bond donors (Lipinski definition) is 1. The molecule has 0 heterocycles. The maximum absolute atomic E-state index is 13.1. The summed E-state index contributed by atoms with van der Waals surface area (Å²) in [6.07, 6.45) is 0.887. The van der Waals surface area contributed by atoms with Crippen LogP contribution in [0.5, 0.6) is 0 Å². The highest BCUT2D eigenvalue weighted by Crippen LogP contribution is 2.16. The van der Waals surface area contributed by atoms with E-state index in [2.05, 4.69) is 0 Å². The summed E-state index contributed by atoms with van der Waals surface area (Å²) in [5, 5.41) is 0. The van der Waals surface area contributed by atoms with E-state index in [1.54, 1.807) is 0 Å². The van der Waals surface area contributed by atoms with Crippen LogP contribution in [0.25, 0.3) is 0 Å². The van der Waals surface area contributed by atoms with E-state index in [4.69, 9.17) is 5.73 Å². The Morgan fingerprint density at radius 2 is 1.86 bits per heavy atom. The molecule has 0 aliphatic carbocycles. The zero-order valence-corrected chi connectivity index (χ0v) is 7.86. The average molecular weight is 203 g/mol. The Labute approximate surface area is 80.7 Å². The third-order valence-electron chi connectivity index (χ3n) is 2.12. The average Bonchev–Trinajstić information content (AvgIpc) is 2.19. The van der Waals surface area contributed by atoms with Crippen LogP contribution < -0.4 is 5.73 Å². The molecule has 1 unspecified atom stereocenters. The largest absolute Gasteiger partial charge is 0.327 e. The molecule has 1 rings (SSSR count). The summed E-state index contributed by atoms with van der Waals surface area (Å²) in [5.74, 6) is -3.73. The molecule has 1 aromatic rings. The first kappa shape index (κ1) is 11.0. The maximum Gasteiger partial charge on any atom is 0.194 e. The quantitative estimate of drug-likeness (QED) is 0.750. The number of nitrogens with two attached hydrogens (primary N) is 1. The van der Waals surface area contributed by atoms with Crippen LogP contribution in [0.15, 0.2) is 12.1 Å². The van der Waals surface area contributed by atoms with Crippen molar-refractivity contribution in [2.75, 3.05) is 0 Å². The van der Waals surface area contributed by atoms with Crippen molar-refractivity contribution in [3.8, 4) is 0 Å². The van der Waals surface area contributed by atoms with E-state index in [-0.39, 0.29) is 18.0 Å². The predicted molar refractivity (Wildman–Crippen MR) is 48.3 cm³/mol. The van der Waals surface area contributed by atoms with Gasteiger partial charge < -0.3 is 5.73 Å². The first-order valence-corrected chi connectivity index (χ1v) is 4.44. The SMILES string of the molecule is CCC(N)Cc1ccc(F)c(F)c1F. The molecule has 0 fully saturated rings. The summed E-state index contributed by atoms with van der Waals surface area (Å²) >= 11 is 0. The highest BCUT2D eigenvalue weighted by Gasteiger charge is 2.14. The fraction of sp³-hybridized carbons (Fsp3) is 0.400. The highest BCUT2D eigenvalue weighted by atomic mass is 19.2. The van der Waals surface area contributed by atoms with Gasteiger partial charge in [-0.25, -0.2) is 13.2 Å². The van der Waals surface area contributed by atoms with Gasteiger partial charge in [0, 0.05) is 6.04 Å². The van der Waals surface area contributed by atoms with Crippen LogP contribution in [-0.2, 0) is 6.42 Å². The minimum Gasteiger partial charge on any atom is -0.327 e. The Kier molecular flexibility index (Phi) is 3.52. The summed E-state index contributed by atoms with van der Waals surface area (Å²) in [6, 6.07) is 1.91. The molecule has 0 saturated carbocycles. The molecule has 1 nitrogen and oxygen atoms in total. The van der Waals surface area contributed by atoms with Gasteiger partial charge in [-0.2, -0.15) is 0 Å². The Balaban J connectivity index is 2.94. The van der Waals surface area contributed by atoms with Crippen molar-refractivity contribution < 1.29 is 13.2 Å². The van der Waals surface area contributed by atoms with Crippen molar-refractivity contribution in [1.82, 2.24) is 0 Å². The van der Waals surface area contributed by atoms with Crippen molar-refractivity contribution >= 4 is 0 Å². The van der Waals surface area contributed by atoms with Gasteiger partial charge in [0.15, 0.2) is 17.5 Å². The second-order valence-electron chi connectivity index (χ2n) is 3.21. The minimum atomic E-state index is -1.43. The molecule has 0 aliphatic rings. The van der Waals surface area contributed by atoms with Gasteiger partial charge in [0.25, 0.3) is 0 Å². The lowest BCUT2D eigenvalue weighted by molar-refractivity contribution is 0.438. The first-order chi connectivity index (χ1) is 6.56. The molecule has 14 heavy (non-hydrogen) atoms. The van der Waals surface area contributed by atoms with Crippen molar-refractivity contribution in [3.05, 3.63) is 35.1 Å². The van der Waals surface area contributed by atoms with E-state index in [0.29, 0.717) is 6.42 Å². The zero-order chi connectivity index (χ0) is 10.7. The Morgan fingerprint density at radius 3 is 2.43 bits per heavy atom. The summed E-state index contributed by atoms with van der Waals surface area (Å²) in [5.41, 5.74) is 5.70. The summed E-state index contributed by atoms with van der Waals surface area (Å²) in [7, 11) is 0. The molecule has 0 spiro atoms. The van der Waals surface area contributed by atoms with Crippen LogP contribution in [0.3, 0.4) is 0 Å². The van der Waals surface area contributed by atoms with Gasteiger partial charge in [-0.15, -0.1) is 0 Å². The zero-order valence-electron chi connectivity index (χ0n) is 7.86. The minimum absolute atomic E-state index is 0.123. The van der Waals surface area contributed by atoms with Gasteiger partial charge >= 0.3 is 0 Å². The molecule has 0 radical (unpaired) electrons. The molecule has 4 heteroatoms. The van der Waals surface area contributed by atoms with Gasteiger partial charge in [0.1, 0.15) is 0 Å². The molecule has 1 aromatic carbocycles. The second-order valence-corrected chi connectivity index (χ2v) is 3.21. The topological polar surface area (TPSA) is 26.0 Å². The van der Waals surface area contributed by atoms with Gasteiger partial charge in [0.05, 0.1) is 0 Å². The fourth-order valence-electron chi connectivity index (χ4n) is 1.15. The van der Waals surface area contributed by atoms with E-state index in [1.807, 2.05) is 6.92 Å². The molecule has 0 aromatic heterocycles. The molecule has 0 bridgehead atoms. The lowest BCUT2D eigenvalue weighted by Gasteiger charge is -2.09. The Bertz CT molecular complexity index is 325. The maximum atomic E-state index is 13.1. The second kappa shape index (κ2) is 4.46. The van der Waals surface area contributed by atoms with Crippen molar-refractivity contribution in [3.63, 3.8) is 0 Å². The van der Waals surface area contributed by atoms with Crippen LogP contribution >= 0.6 is 0 Å². The summed E-state index contributed by atoms with van der Waals surface area (Å²) in [4.78, 5) is 0. The molecular weight excluding hydrogens is 191 g/mol. The van der Waals surface area contributed by atoms with Gasteiger partial charge in [0.2, 0.25) is 0 Å². The number of hydrogen-bond acceptors (Lipinski definition) is 1. The number of benzene rings is 1. The van der Waals surface area contributed by atoms with Gasteiger partial charge in [-0.1, -0.05) is 13.0 Å². The van der Waals surface area contributed by atoms with Crippen LogP contribution in [0.4, 0.5) is 13.2 Å². The van der Waals surface area contributed by atoms with Crippen molar-refractivity contribution in [2.24, 2.45) is 5.73 Å². The smallest absolute Gasteiger partial charge is 0.194 e. The van der Waals surface area contributed by atoms with E-state index in [9.17, 15) is 13.2 Å². The fourth-order valence-corrected chi connectivity index (χ4v) is 1.15. The highest BCUT2D eigenvalue weighted by molar-refractivity contribution is 5.21. The Hall–Kier alpha value is -1.03. The molecule has 1 atom stereocenters. The summed E-state index contributed by atoms with van der Waals surface area (Å²) in [6.45, 7) is 1.85. The standard InChI is InChI=1S/C10H12F3N/c1-2-7(14)5-6-3-4-8(11)10(13)9(6)12/h3-4,7H,2,5,14H2,1H3. The molecule has 0 amide bonds. The van der Waals surface area contributed by atoms with E-state index in [0.717, 1.165) is 6.07 Å². The third kappa shape index (κ3) is 2.26. The Morgan fingerprint density at radius 1 is 1.21 bits per heavy atom. The van der Waals surface area contributed by atoms with E-state index >= 15 is 0 Å². The van der Waals surface area contributed by atoms with Crippen LogP contribution in [0, 0.1) is 17.5 Å². The van der Waals surface area contributed by atoms with Crippen molar-refractivity contribution in [2.45, 2.75) is 25.8 Å². The van der Waals surface area contributed by atoms with E-state index in [1.165, 1.54) is 6.07 Å². The molecule has 0 aliphatic heterocycles. The van der Waals surface area contributed by atoms with Gasteiger partial charge in [-0.05, 0) is 24.5 Å². The number of rotatable bonds is 3. The predicted octanol–water partition coefficient (Wildman–Crippen LogP) is 2.38. The van der Waals surface area contributed by atoms with Crippen molar-refractivity contribution in [1.29, 1.82) is 0 Å². The van der Waals surface area contributed by atoms with Crippen LogP contribution in [0.2, 0.25) is 0 Å².